The first-order valence-electron chi connectivity index (χ1n) is 10.8. The van der Waals surface area contributed by atoms with Gasteiger partial charge in [-0.1, -0.05) is 89.2 Å². The molecule has 0 fully saturated rings. The van der Waals surface area contributed by atoms with Crippen LogP contribution in [-0.2, 0) is 17.7 Å². The Balaban J connectivity index is 1.74. The maximum Gasteiger partial charge on any atom is 0.231 e. The molecule has 0 heterocycles. The minimum atomic E-state index is -1.85. The molecule has 0 saturated carbocycles. The van der Waals surface area contributed by atoms with Gasteiger partial charge in [-0.2, -0.15) is 0 Å². The number of hydrogen-bond acceptors (Lipinski definition) is 2. The van der Waals surface area contributed by atoms with Crippen LogP contribution in [0, 0.1) is 0 Å². The lowest BCUT2D eigenvalue weighted by molar-refractivity contribution is 0.474. The summed E-state index contributed by atoms with van der Waals surface area (Å²) in [5.74, 6) is 0.377. The molecule has 0 saturated heterocycles. The van der Waals surface area contributed by atoms with E-state index < -0.39 is 11.3 Å². The minimum absolute atomic E-state index is 0.377. The van der Waals surface area contributed by atoms with E-state index >= 15 is 0 Å². The van der Waals surface area contributed by atoms with Gasteiger partial charge >= 0.3 is 0 Å². The third-order valence-electron chi connectivity index (χ3n) is 5.03. The van der Waals surface area contributed by atoms with Crippen LogP contribution in [0.25, 0.3) is 0 Å². The maximum atomic E-state index is 10.4. The molecule has 156 valence electrons. The molecule has 0 amide bonds. The highest BCUT2D eigenvalue weighted by atomic mass is 32.2. The smallest absolute Gasteiger partial charge is 0.231 e. The van der Waals surface area contributed by atoms with Gasteiger partial charge in [-0.3, -0.25) is 4.55 Å². The number of hydrogen-bond donors (Lipinski definition) is 3. The molecular weight excluding hydrogens is 358 g/mol. The van der Waals surface area contributed by atoms with E-state index in [1.54, 1.807) is 6.07 Å². The van der Waals surface area contributed by atoms with Gasteiger partial charge < -0.3 is 5.11 Å². The van der Waals surface area contributed by atoms with Crippen LogP contribution in [0.1, 0.15) is 95.5 Å². The molecule has 0 aliphatic rings. The van der Waals surface area contributed by atoms with Crippen molar-refractivity contribution in [1.29, 1.82) is 0 Å². The van der Waals surface area contributed by atoms with Crippen LogP contribution in [0.4, 0.5) is 0 Å². The van der Waals surface area contributed by atoms with Gasteiger partial charge in [-0.25, -0.2) is 8.93 Å². The Hall–Kier alpha value is -0.910. The summed E-state index contributed by atoms with van der Waals surface area (Å²) in [5, 5.41) is 9.45. The molecule has 0 aliphatic carbocycles. The van der Waals surface area contributed by atoms with Crippen molar-refractivity contribution in [1.82, 2.24) is 4.72 Å². The van der Waals surface area contributed by atoms with E-state index in [4.69, 9.17) is 4.55 Å². The summed E-state index contributed by atoms with van der Waals surface area (Å²) < 4.78 is 21.5. The molecule has 0 radical (unpaired) electrons. The molecule has 0 aliphatic heterocycles. The van der Waals surface area contributed by atoms with Crippen molar-refractivity contribution in [2.75, 3.05) is 6.54 Å². The molecule has 1 aromatic rings. The molecule has 1 rings (SSSR count). The fourth-order valence-electron chi connectivity index (χ4n) is 3.45. The first-order valence-corrected chi connectivity index (χ1v) is 11.9. The van der Waals surface area contributed by atoms with Gasteiger partial charge in [0.25, 0.3) is 0 Å². The van der Waals surface area contributed by atoms with E-state index in [9.17, 15) is 9.32 Å². The maximum absolute atomic E-state index is 10.4. The minimum Gasteiger partial charge on any atom is -0.508 e. The average Bonchev–Trinajstić information content (AvgIpc) is 2.64. The summed E-state index contributed by atoms with van der Waals surface area (Å²) in [6.45, 7) is 0.638. The summed E-state index contributed by atoms with van der Waals surface area (Å²) in [5.41, 5.74) is 1.24. The number of aryl methyl sites for hydroxylation is 1. The Kier molecular flexibility index (Phi) is 15.4. The standard InChI is InChI=1S/C22H39NO3S/c24-22-18-15-17-21(20-22)16-13-11-9-7-5-3-1-2-4-6-8-10-12-14-19-23-27(25)26/h15,17-18,20,23-24H,1-14,16,19H2,(H,25,26). The van der Waals surface area contributed by atoms with Crippen molar-refractivity contribution >= 4 is 11.3 Å². The van der Waals surface area contributed by atoms with Crippen LogP contribution >= 0.6 is 0 Å². The topological polar surface area (TPSA) is 69.6 Å². The van der Waals surface area contributed by atoms with Crippen LogP contribution in [0.2, 0.25) is 0 Å². The molecule has 0 aromatic heterocycles. The number of aromatic hydroxyl groups is 1. The second-order valence-corrected chi connectivity index (χ2v) is 8.30. The molecule has 3 N–H and O–H groups in total. The van der Waals surface area contributed by atoms with E-state index in [-0.39, 0.29) is 0 Å². The Labute approximate surface area is 168 Å². The van der Waals surface area contributed by atoms with Gasteiger partial charge in [-0.15, -0.1) is 0 Å². The fraction of sp³-hybridized carbons (Fsp3) is 0.727. The van der Waals surface area contributed by atoms with Gasteiger partial charge in [0, 0.05) is 6.54 Å². The Morgan fingerprint density at radius 3 is 1.70 bits per heavy atom. The average molecular weight is 398 g/mol. The predicted molar refractivity (Wildman–Crippen MR) is 115 cm³/mol. The molecule has 4 nitrogen and oxygen atoms in total. The van der Waals surface area contributed by atoms with Crippen molar-refractivity contribution in [3.63, 3.8) is 0 Å². The highest BCUT2D eigenvalue weighted by molar-refractivity contribution is 7.77. The summed E-state index contributed by atoms with van der Waals surface area (Å²) in [7, 11) is 0. The number of phenolic OH excluding ortho intramolecular Hbond substituents is 1. The highest BCUT2D eigenvalue weighted by Crippen LogP contribution is 2.16. The number of unbranched alkanes of at least 4 members (excludes halogenated alkanes) is 13. The van der Waals surface area contributed by atoms with Crippen LogP contribution in [0.15, 0.2) is 24.3 Å². The summed E-state index contributed by atoms with van der Waals surface area (Å²) in [6, 6.07) is 7.62. The quantitative estimate of drug-likeness (QED) is 0.206. The lowest BCUT2D eigenvalue weighted by Crippen LogP contribution is -2.17. The summed E-state index contributed by atoms with van der Waals surface area (Å²) in [6.07, 6.45) is 19.1. The van der Waals surface area contributed by atoms with E-state index in [1.807, 2.05) is 12.1 Å². The predicted octanol–water partition coefficient (Wildman–Crippen LogP) is 6.12. The van der Waals surface area contributed by atoms with Gasteiger partial charge in [0.2, 0.25) is 11.3 Å². The molecule has 0 bridgehead atoms. The summed E-state index contributed by atoms with van der Waals surface area (Å²) >= 11 is -1.85. The van der Waals surface area contributed by atoms with Crippen molar-refractivity contribution in [2.45, 2.75) is 96.3 Å². The summed E-state index contributed by atoms with van der Waals surface area (Å²) in [4.78, 5) is 0. The molecule has 0 spiro atoms. The number of benzene rings is 1. The second kappa shape index (κ2) is 17.2. The largest absolute Gasteiger partial charge is 0.508 e. The first-order chi connectivity index (χ1) is 13.2. The number of nitrogens with one attached hydrogen (secondary N) is 1. The van der Waals surface area contributed by atoms with E-state index in [0.717, 1.165) is 19.3 Å². The van der Waals surface area contributed by atoms with Gasteiger partial charge in [0.1, 0.15) is 5.75 Å². The third-order valence-corrected chi connectivity index (χ3v) is 5.48. The van der Waals surface area contributed by atoms with Crippen LogP contribution in [0.5, 0.6) is 5.75 Å². The molecule has 1 unspecified atom stereocenters. The first kappa shape index (κ1) is 24.1. The number of rotatable bonds is 18. The van der Waals surface area contributed by atoms with Crippen LogP contribution in [-0.4, -0.2) is 20.4 Å². The normalized spacial score (nSPS) is 12.3. The molecule has 5 heteroatoms. The SMILES string of the molecule is O=S(O)NCCCCCCCCCCCCCCCCc1cccc(O)c1. The van der Waals surface area contributed by atoms with Crippen molar-refractivity contribution in [3.8, 4) is 5.75 Å². The zero-order chi connectivity index (χ0) is 19.6. The van der Waals surface area contributed by atoms with Gasteiger partial charge in [0.05, 0.1) is 0 Å². The van der Waals surface area contributed by atoms with Crippen molar-refractivity contribution < 1.29 is 13.9 Å². The third kappa shape index (κ3) is 15.8. The molecule has 1 atom stereocenters. The van der Waals surface area contributed by atoms with E-state index in [0.29, 0.717) is 12.3 Å². The fourth-order valence-corrected chi connectivity index (χ4v) is 3.77. The zero-order valence-corrected chi connectivity index (χ0v) is 17.7. The highest BCUT2D eigenvalue weighted by Gasteiger charge is 1.97. The van der Waals surface area contributed by atoms with Crippen molar-refractivity contribution in [2.24, 2.45) is 0 Å². The molecule has 27 heavy (non-hydrogen) atoms. The monoisotopic (exact) mass is 397 g/mol. The number of phenols is 1. The van der Waals surface area contributed by atoms with E-state index in [2.05, 4.69) is 10.8 Å². The Bertz CT molecular complexity index is 496. The molecular formula is C22H39NO3S. The van der Waals surface area contributed by atoms with Crippen molar-refractivity contribution in [3.05, 3.63) is 29.8 Å². The van der Waals surface area contributed by atoms with Gasteiger partial charge in [0.15, 0.2) is 0 Å². The Morgan fingerprint density at radius 2 is 1.22 bits per heavy atom. The lowest BCUT2D eigenvalue weighted by atomic mass is 10.0. The Morgan fingerprint density at radius 1 is 0.741 bits per heavy atom. The van der Waals surface area contributed by atoms with Crippen LogP contribution in [0.3, 0.4) is 0 Å². The molecule has 1 aromatic carbocycles. The zero-order valence-electron chi connectivity index (χ0n) is 16.8. The van der Waals surface area contributed by atoms with E-state index in [1.165, 1.54) is 82.6 Å². The van der Waals surface area contributed by atoms with Gasteiger partial charge in [-0.05, 0) is 37.0 Å². The lowest BCUT2D eigenvalue weighted by Gasteiger charge is -2.04. The van der Waals surface area contributed by atoms with Crippen LogP contribution < -0.4 is 4.72 Å². The second-order valence-electron chi connectivity index (χ2n) is 7.51.